The van der Waals surface area contributed by atoms with Gasteiger partial charge >= 0.3 is 0 Å². The van der Waals surface area contributed by atoms with Gasteiger partial charge in [-0.25, -0.2) is 9.98 Å². The molecule has 0 spiro atoms. The van der Waals surface area contributed by atoms with Crippen LogP contribution in [0.15, 0.2) is 59.7 Å². The van der Waals surface area contributed by atoms with Gasteiger partial charge in [0.15, 0.2) is 5.96 Å². The summed E-state index contributed by atoms with van der Waals surface area (Å²) in [5.74, 6) is 1.91. The Bertz CT molecular complexity index is 958. The Kier molecular flexibility index (Phi) is 5.98. The van der Waals surface area contributed by atoms with Crippen LogP contribution in [0.25, 0.3) is 5.65 Å². The van der Waals surface area contributed by atoms with Crippen molar-refractivity contribution < 1.29 is 4.74 Å². The number of aryl methyl sites for hydroxylation is 1. The van der Waals surface area contributed by atoms with Crippen molar-refractivity contribution in [3.05, 3.63) is 66.1 Å². The predicted molar refractivity (Wildman–Crippen MR) is 116 cm³/mol. The number of likely N-dealkylation sites (tertiary alicyclic amines) is 1. The van der Waals surface area contributed by atoms with Crippen LogP contribution in [0.3, 0.4) is 0 Å². The highest BCUT2D eigenvalue weighted by atomic mass is 16.5. The summed E-state index contributed by atoms with van der Waals surface area (Å²) in [6, 6.07) is 16.2. The van der Waals surface area contributed by atoms with Gasteiger partial charge in [0.05, 0.1) is 12.2 Å². The number of benzene rings is 1. The molecule has 1 N–H and O–H groups in total. The van der Waals surface area contributed by atoms with Gasteiger partial charge in [0.25, 0.3) is 0 Å². The summed E-state index contributed by atoms with van der Waals surface area (Å²) in [7, 11) is 0. The molecular formula is C23H29N5O. The number of ether oxygens (including phenoxy) is 1. The standard InChI is InChI=1S/C23H29N5O/c1-3-24-23(25-16-19-17-28-18(2)8-7-11-22(28)26-19)27-14-12-21(13-15-27)29-20-9-5-4-6-10-20/h4-11,17,21H,3,12-16H2,1-2H3,(H,24,25). The summed E-state index contributed by atoms with van der Waals surface area (Å²) >= 11 is 0. The topological polar surface area (TPSA) is 54.2 Å². The smallest absolute Gasteiger partial charge is 0.194 e. The maximum atomic E-state index is 6.12. The molecule has 6 heteroatoms. The number of nitrogens with zero attached hydrogens (tertiary/aromatic N) is 4. The lowest BCUT2D eigenvalue weighted by Gasteiger charge is -2.34. The maximum absolute atomic E-state index is 6.12. The second-order valence-corrected chi connectivity index (χ2v) is 7.42. The van der Waals surface area contributed by atoms with Crippen molar-refractivity contribution in [1.29, 1.82) is 0 Å². The minimum atomic E-state index is 0.262. The Morgan fingerprint density at radius 1 is 1.14 bits per heavy atom. The van der Waals surface area contributed by atoms with E-state index < -0.39 is 0 Å². The molecule has 3 aromatic rings. The van der Waals surface area contributed by atoms with Gasteiger partial charge in [-0.05, 0) is 38.1 Å². The fourth-order valence-electron chi connectivity index (χ4n) is 3.73. The zero-order valence-electron chi connectivity index (χ0n) is 17.2. The van der Waals surface area contributed by atoms with E-state index in [1.807, 2.05) is 42.5 Å². The van der Waals surface area contributed by atoms with Crippen molar-refractivity contribution in [2.24, 2.45) is 4.99 Å². The summed E-state index contributed by atoms with van der Waals surface area (Å²) < 4.78 is 8.23. The van der Waals surface area contributed by atoms with Crippen molar-refractivity contribution in [2.45, 2.75) is 39.3 Å². The third kappa shape index (κ3) is 4.70. The second-order valence-electron chi connectivity index (χ2n) is 7.42. The van der Waals surface area contributed by atoms with E-state index >= 15 is 0 Å². The van der Waals surface area contributed by atoms with Gasteiger partial charge in [0.2, 0.25) is 0 Å². The molecule has 0 atom stereocenters. The van der Waals surface area contributed by atoms with E-state index in [0.29, 0.717) is 6.54 Å². The minimum Gasteiger partial charge on any atom is -0.490 e. The lowest BCUT2D eigenvalue weighted by atomic mass is 10.1. The largest absolute Gasteiger partial charge is 0.490 e. The molecule has 1 aliphatic rings. The first-order chi connectivity index (χ1) is 14.2. The molecule has 0 aliphatic carbocycles. The number of pyridine rings is 1. The molecule has 0 saturated carbocycles. The molecule has 152 valence electrons. The molecular weight excluding hydrogens is 362 g/mol. The number of rotatable bonds is 5. The number of imidazole rings is 1. The highest BCUT2D eigenvalue weighted by Crippen LogP contribution is 2.19. The molecule has 0 amide bonds. The van der Waals surface area contributed by atoms with E-state index in [1.165, 1.54) is 5.69 Å². The van der Waals surface area contributed by atoms with Gasteiger partial charge in [-0.15, -0.1) is 0 Å². The lowest BCUT2D eigenvalue weighted by molar-refractivity contribution is 0.129. The van der Waals surface area contributed by atoms with E-state index in [0.717, 1.165) is 55.5 Å². The van der Waals surface area contributed by atoms with E-state index in [2.05, 4.69) is 40.7 Å². The van der Waals surface area contributed by atoms with Crippen molar-refractivity contribution >= 4 is 11.6 Å². The Morgan fingerprint density at radius 3 is 2.66 bits per heavy atom. The molecule has 4 rings (SSSR count). The molecule has 0 bridgehead atoms. The second kappa shape index (κ2) is 8.99. The monoisotopic (exact) mass is 391 g/mol. The molecule has 2 aromatic heterocycles. The summed E-state index contributed by atoms with van der Waals surface area (Å²) in [5.41, 5.74) is 3.13. The van der Waals surface area contributed by atoms with Crippen LogP contribution in [0.2, 0.25) is 0 Å². The molecule has 6 nitrogen and oxygen atoms in total. The minimum absolute atomic E-state index is 0.262. The molecule has 1 aromatic carbocycles. The number of hydrogen-bond acceptors (Lipinski definition) is 3. The highest BCUT2D eigenvalue weighted by Gasteiger charge is 2.22. The number of fused-ring (bicyclic) bond motifs is 1. The van der Waals surface area contributed by atoms with Gasteiger partial charge in [-0.1, -0.05) is 24.3 Å². The van der Waals surface area contributed by atoms with Crippen molar-refractivity contribution in [3.63, 3.8) is 0 Å². The van der Waals surface area contributed by atoms with Crippen molar-refractivity contribution in [1.82, 2.24) is 19.6 Å². The van der Waals surface area contributed by atoms with Crippen LogP contribution in [-0.2, 0) is 6.54 Å². The number of hydrogen-bond donors (Lipinski definition) is 1. The Labute approximate surface area is 172 Å². The zero-order chi connectivity index (χ0) is 20.1. The van der Waals surface area contributed by atoms with Crippen LogP contribution in [-0.4, -0.2) is 46.0 Å². The first-order valence-electron chi connectivity index (χ1n) is 10.4. The van der Waals surface area contributed by atoms with Gasteiger partial charge < -0.3 is 19.4 Å². The fraction of sp³-hybridized carbons (Fsp3) is 0.391. The quantitative estimate of drug-likeness (QED) is 0.533. The summed E-state index contributed by atoms with van der Waals surface area (Å²) in [6.45, 7) is 7.50. The molecule has 0 radical (unpaired) electrons. The molecule has 1 fully saturated rings. The van der Waals surface area contributed by atoms with Crippen molar-refractivity contribution in [2.75, 3.05) is 19.6 Å². The number of nitrogens with one attached hydrogen (secondary N) is 1. The predicted octanol–water partition coefficient (Wildman–Crippen LogP) is 3.65. The third-order valence-corrected chi connectivity index (χ3v) is 5.26. The van der Waals surface area contributed by atoms with Crippen molar-refractivity contribution in [3.8, 4) is 5.75 Å². The van der Waals surface area contributed by atoms with Crippen LogP contribution in [0.1, 0.15) is 31.2 Å². The first-order valence-corrected chi connectivity index (χ1v) is 10.4. The van der Waals surface area contributed by atoms with Gasteiger partial charge in [0.1, 0.15) is 17.5 Å². The molecule has 1 aliphatic heterocycles. The average Bonchev–Trinajstić information content (AvgIpc) is 3.17. The summed E-state index contributed by atoms with van der Waals surface area (Å²) in [6.07, 6.45) is 4.33. The highest BCUT2D eigenvalue weighted by molar-refractivity contribution is 5.80. The normalized spacial score (nSPS) is 15.7. The number of aromatic nitrogens is 2. The van der Waals surface area contributed by atoms with Crippen LogP contribution >= 0.6 is 0 Å². The van der Waals surface area contributed by atoms with E-state index in [1.54, 1.807) is 0 Å². The van der Waals surface area contributed by atoms with E-state index in [9.17, 15) is 0 Å². The van der Waals surface area contributed by atoms with Gasteiger partial charge in [-0.2, -0.15) is 0 Å². The SMILES string of the molecule is CCNC(=NCc1cn2c(C)cccc2n1)N1CCC(Oc2ccccc2)CC1. The van der Waals surface area contributed by atoms with Crippen LogP contribution < -0.4 is 10.1 Å². The van der Waals surface area contributed by atoms with E-state index in [4.69, 9.17) is 14.7 Å². The fourth-order valence-corrected chi connectivity index (χ4v) is 3.73. The van der Waals surface area contributed by atoms with E-state index in [-0.39, 0.29) is 6.10 Å². The molecule has 3 heterocycles. The van der Waals surface area contributed by atoms with Crippen LogP contribution in [0.4, 0.5) is 0 Å². The maximum Gasteiger partial charge on any atom is 0.194 e. The third-order valence-electron chi connectivity index (χ3n) is 5.26. The zero-order valence-corrected chi connectivity index (χ0v) is 17.2. The molecule has 1 saturated heterocycles. The Balaban J connectivity index is 1.39. The van der Waals surface area contributed by atoms with Crippen LogP contribution in [0.5, 0.6) is 5.75 Å². The van der Waals surface area contributed by atoms with Gasteiger partial charge in [0, 0.05) is 44.4 Å². The van der Waals surface area contributed by atoms with Gasteiger partial charge in [-0.3, -0.25) is 0 Å². The molecule has 0 unspecified atom stereocenters. The van der Waals surface area contributed by atoms with Crippen LogP contribution in [0, 0.1) is 6.92 Å². The number of para-hydroxylation sites is 1. The average molecular weight is 392 g/mol. The molecule has 29 heavy (non-hydrogen) atoms. The number of aliphatic imine (C=N–C) groups is 1. The first kappa shape index (κ1) is 19.3. The lowest BCUT2D eigenvalue weighted by Crippen LogP contribution is -2.47. The summed E-state index contributed by atoms with van der Waals surface area (Å²) in [4.78, 5) is 11.9. The number of guanidine groups is 1. The Hall–Kier alpha value is -3.02. The number of piperidine rings is 1. The Morgan fingerprint density at radius 2 is 1.93 bits per heavy atom. The summed E-state index contributed by atoms with van der Waals surface area (Å²) in [5, 5.41) is 3.43.